The zero-order valence-electron chi connectivity index (χ0n) is 20.1. The van der Waals surface area contributed by atoms with Crippen LogP contribution >= 0.6 is 11.3 Å². The van der Waals surface area contributed by atoms with Crippen LogP contribution in [0.25, 0.3) is 0 Å². The van der Waals surface area contributed by atoms with Gasteiger partial charge >= 0.3 is 0 Å². The van der Waals surface area contributed by atoms with E-state index in [1.807, 2.05) is 29.0 Å². The molecule has 37 heavy (non-hydrogen) atoms. The van der Waals surface area contributed by atoms with Crippen LogP contribution in [-0.2, 0) is 24.3 Å². The molecule has 9 nitrogen and oxygen atoms in total. The van der Waals surface area contributed by atoms with Gasteiger partial charge in [0.25, 0.3) is 5.91 Å². The molecule has 190 valence electrons. The molecule has 0 radical (unpaired) electrons. The summed E-state index contributed by atoms with van der Waals surface area (Å²) in [6.07, 6.45) is 1.71. The first-order chi connectivity index (χ1) is 17.9. The first-order valence-corrected chi connectivity index (χ1v) is 12.6. The van der Waals surface area contributed by atoms with Crippen molar-refractivity contribution >= 4 is 28.9 Å². The number of hydrogen-bond donors (Lipinski definition) is 1. The standard InChI is InChI=1S/C27H25N3O6S/c1-17-21(27(28)33)11-22(30(17)13-20-3-2-7-34-20)23(31)14-29(26(32)10-19-6-8-37-15-19)12-18-4-5-24-25(9-18)36-16-35-24/h2-9,11,15H,10,12-14,16H2,1H3,(H2,28,33). The van der Waals surface area contributed by atoms with E-state index in [4.69, 9.17) is 19.6 Å². The molecule has 0 bridgehead atoms. The van der Waals surface area contributed by atoms with Gasteiger partial charge in [-0.25, -0.2) is 0 Å². The van der Waals surface area contributed by atoms with Gasteiger partial charge in [0.1, 0.15) is 5.76 Å². The maximum absolute atomic E-state index is 13.6. The second-order valence-corrected chi connectivity index (χ2v) is 9.51. The average molecular weight is 520 g/mol. The Morgan fingerprint density at radius 1 is 1.08 bits per heavy atom. The topological polar surface area (TPSA) is 117 Å². The maximum Gasteiger partial charge on any atom is 0.250 e. The highest BCUT2D eigenvalue weighted by atomic mass is 32.1. The summed E-state index contributed by atoms with van der Waals surface area (Å²) in [5.41, 5.74) is 8.34. The predicted octanol–water partition coefficient (Wildman–Crippen LogP) is 3.78. The van der Waals surface area contributed by atoms with Gasteiger partial charge in [0, 0.05) is 12.2 Å². The molecule has 2 amide bonds. The highest BCUT2D eigenvalue weighted by Crippen LogP contribution is 2.33. The fraction of sp³-hybridized carbons (Fsp3) is 0.222. The smallest absolute Gasteiger partial charge is 0.250 e. The maximum atomic E-state index is 13.6. The number of rotatable bonds is 10. The normalized spacial score (nSPS) is 12.0. The molecule has 2 N–H and O–H groups in total. The van der Waals surface area contributed by atoms with Crippen LogP contribution in [0.2, 0.25) is 0 Å². The number of Topliss-reactive ketones (excluding diaryl/α,β-unsaturated/α-hetero) is 1. The Morgan fingerprint density at radius 2 is 1.92 bits per heavy atom. The van der Waals surface area contributed by atoms with Crippen molar-refractivity contribution in [1.29, 1.82) is 0 Å². The Morgan fingerprint density at radius 3 is 2.65 bits per heavy atom. The van der Waals surface area contributed by atoms with E-state index < -0.39 is 5.91 Å². The van der Waals surface area contributed by atoms with Crippen LogP contribution in [0.5, 0.6) is 11.5 Å². The first kappa shape index (κ1) is 24.4. The summed E-state index contributed by atoms with van der Waals surface area (Å²) >= 11 is 1.51. The van der Waals surface area contributed by atoms with Crippen molar-refractivity contribution in [2.75, 3.05) is 13.3 Å². The van der Waals surface area contributed by atoms with Gasteiger partial charge in [-0.05, 0) is 65.2 Å². The summed E-state index contributed by atoms with van der Waals surface area (Å²) in [7, 11) is 0. The van der Waals surface area contributed by atoms with Crippen LogP contribution in [0.15, 0.2) is 63.9 Å². The number of ether oxygens (including phenoxy) is 2. The molecule has 0 saturated carbocycles. The molecule has 3 aromatic heterocycles. The van der Waals surface area contributed by atoms with Gasteiger partial charge in [0.15, 0.2) is 17.3 Å². The van der Waals surface area contributed by atoms with E-state index in [1.165, 1.54) is 22.3 Å². The van der Waals surface area contributed by atoms with E-state index in [-0.39, 0.29) is 55.8 Å². The number of carbonyl (C=O) groups is 3. The molecule has 0 unspecified atom stereocenters. The number of primary amides is 1. The van der Waals surface area contributed by atoms with Crippen molar-refractivity contribution in [3.05, 3.63) is 93.3 Å². The number of ketones is 1. The minimum atomic E-state index is -0.629. The van der Waals surface area contributed by atoms with Gasteiger partial charge in [-0.2, -0.15) is 11.3 Å². The number of fused-ring (bicyclic) bond motifs is 1. The number of thiophene rings is 1. The summed E-state index contributed by atoms with van der Waals surface area (Å²) in [5, 5.41) is 3.82. The lowest BCUT2D eigenvalue weighted by atomic mass is 10.1. The van der Waals surface area contributed by atoms with Gasteiger partial charge in [-0.1, -0.05) is 6.07 Å². The number of carbonyl (C=O) groups excluding carboxylic acids is 3. The molecule has 5 rings (SSSR count). The lowest BCUT2D eigenvalue weighted by Gasteiger charge is -2.23. The molecule has 1 aromatic carbocycles. The van der Waals surface area contributed by atoms with Crippen molar-refractivity contribution in [1.82, 2.24) is 9.47 Å². The minimum Gasteiger partial charge on any atom is -0.467 e. The molecule has 0 aliphatic carbocycles. The molecule has 10 heteroatoms. The molecule has 1 aliphatic rings. The van der Waals surface area contributed by atoms with Crippen LogP contribution in [0, 0.1) is 6.92 Å². The largest absolute Gasteiger partial charge is 0.467 e. The second-order valence-electron chi connectivity index (χ2n) is 8.73. The Kier molecular flexibility index (Phi) is 6.82. The molecular formula is C27H25N3O6S. The van der Waals surface area contributed by atoms with Crippen LogP contribution in [0.3, 0.4) is 0 Å². The number of aromatic nitrogens is 1. The fourth-order valence-corrected chi connectivity index (χ4v) is 4.98. The molecule has 0 spiro atoms. The fourth-order valence-electron chi connectivity index (χ4n) is 4.31. The number of hydrogen-bond acceptors (Lipinski definition) is 7. The summed E-state index contributed by atoms with van der Waals surface area (Å²) in [5.74, 6) is 0.719. The van der Waals surface area contributed by atoms with Crippen LogP contribution < -0.4 is 15.2 Å². The Bertz CT molecular complexity index is 1440. The van der Waals surface area contributed by atoms with Crippen molar-refractivity contribution in [2.24, 2.45) is 5.73 Å². The van der Waals surface area contributed by atoms with Crippen LogP contribution in [0.4, 0.5) is 0 Å². The summed E-state index contributed by atoms with van der Waals surface area (Å²) in [4.78, 5) is 40.6. The van der Waals surface area contributed by atoms with Crippen molar-refractivity contribution in [3.63, 3.8) is 0 Å². The highest BCUT2D eigenvalue weighted by Gasteiger charge is 2.25. The summed E-state index contributed by atoms with van der Waals surface area (Å²) < 4.78 is 18.0. The number of benzene rings is 1. The average Bonchev–Trinajstić information content (AvgIpc) is 3.68. The van der Waals surface area contributed by atoms with Crippen molar-refractivity contribution in [3.8, 4) is 11.5 Å². The van der Waals surface area contributed by atoms with Gasteiger partial charge in [0.2, 0.25) is 12.7 Å². The van der Waals surface area contributed by atoms with Crippen molar-refractivity contribution in [2.45, 2.75) is 26.4 Å². The molecule has 0 saturated heterocycles. The van der Waals surface area contributed by atoms with E-state index in [2.05, 4.69) is 0 Å². The number of furan rings is 1. The Labute approximate surface area is 217 Å². The van der Waals surface area contributed by atoms with E-state index in [1.54, 1.807) is 36.0 Å². The molecular weight excluding hydrogens is 494 g/mol. The van der Waals surface area contributed by atoms with Gasteiger partial charge < -0.3 is 29.1 Å². The van der Waals surface area contributed by atoms with Crippen molar-refractivity contribution < 1.29 is 28.3 Å². The summed E-state index contributed by atoms with van der Waals surface area (Å²) in [6, 6.07) is 12.4. The third-order valence-corrected chi connectivity index (χ3v) is 6.98. The lowest BCUT2D eigenvalue weighted by Crippen LogP contribution is -2.37. The van der Waals surface area contributed by atoms with E-state index in [9.17, 15) is 14.4 Å². The zero-order chi connectivity index (χ0) is 25.9. The predicted molar refractivity (Wildman–Crippen MR) is 136 cm³/mol. The van der Waals surface area contributed by atoms with E-state index in [0.29, 0.717) is 23.0 Å². The Balaban J connectivity index is 1.44. The van der Waals surface area contributed by atoms with Crippen LogP contribution in [0.1, 0.15) is 43.4 Å². The van der Waals surface area contributed by atoms with E-state index in [0.717, 1.165) is 11.1 Å². The van der Waals surface area contributed by atoms with Crippen LogP contribution in [-0.4, -0.2) is 40.4 Å². The third kappa shape index (κ3) is 5.29. The number of nitrogens with two attached hydrogens (primary N) is 1. The summed E-state index contributed by atoms with van der Waals surface area (Å²) in [6.45, 7) is 2.14. The monoisotopic (exact) mass is 519 g/mol. The number of nitrogens with zero attached hydrogens (tertiary/aromatic N) is 2. The molecule has 4 aromatic rings. The molecule has 0 atom stereocenters. The first-order valence-electron chi connectivity index (χ1n) is 11.6. The zero-order valence-corrected chi connectivity index (χ0v) is 21.0. The molecule has 4 heterocycles. The quantitative estimate of drug-likeness (QED) is 0.319. The third-order valence-electron chi connectivity index (χ3n) is 6.24. The Hall–Kier alpha value is -4.31. The molecule has 0 fully saturated rings. The van der Waals surface area contributed by atoms with Gasteiger partial charge in [0.05, 0.1) is 37.0 Å². The lowest BCUT2D eigenvalue weighted by molar-refractivity contribution is -0.130. The minimum absolute atomic E-state index is 0.145. The highest BCUT2D eigenvalue weighted by molar-refractivity contribution is 7.08. The number of amides is 2. The van der Waals surface area contributed by atoms with Gasteiger partial charge in [-0.3, -0.25) is 14.4 Å². The van der Waals surface area contributed by atoms with E-state index >= 15 is 0 Å². The molecule has 1 aliphatic heterocycles. The van der Waals surface area contributed by atoms with Gasteiger partial charge in [-0.15, -0.1) is 0 Å². The SMILES string of the molecule is Cc1c(C(N)=O)cc(C(=O)CN(Cc2ccc3c(c2)OCO3)C(=O)Cc2ccsc2)n1Cc1ccco1. The second kappa shape index (κ2) is 10.4.